The van der Waals surface area contributed by atoms with Gasteiger partial charge in [0.1, 0.15) is 12.4 Å². The van der Waals surface area contributed by atoms with Crippen LogP contribution in [0.4, 0.5) is 0 Å². The highest BCUT2D eigenvalue weighted by Crippen LogP contribution is 2.15. The molecule has 41 heavy (non-hydrogen) atoms. The third kappa shape index (κ3) is 23.4. The molecule has 2 nitrogen and oxygen atoms in total. The van der Waals surface area contributed by atoms with E-state index in [1.165, 1.54) is 212 Å². The van der Waals surface area contributed by atoms with Gasteiger partial charge in [-0.1, -0.05) is 181 Å². The highest BCUT2D eigenvalue weighted by atomic mass is 15.1. The largest absolute Gasteiger partial charge is 0.256 e. The zero-order valence-electron chi connectivity index (χ0n) is 28.9. The predicted molar refractivity (Wildman–Crippen MR) is 184 cm³/mol. The number of rotatable bonds is 33. The van der Waals surface area contributed by atoms with E-state index < -0.39 is 0 Å². The third-order valence-electron chi connectivity index (χ3n) is 9.35. The molecule has 0 atom stereocenters. The summed E-state index contributed by atoms with van der Waals surface area (Å²) in [5, 5.41) is 0. The maximum atomic E-state index is 2.63. The maximum absolute atomic E-state index is 2.63. The van der Waals surface area contributed by atoms with Gasteiger partial charge in [-0.05, 0) is 32.1 Å². The van der Waals surface area contributed by atoms with E-state index in [2.05, 4.69) is 42.3 Å². The number of hydrogen-bond donors (Lipinski definition) is 0. The lowest BCUT2D eigenvalue weighted by atomic mass is 10.1. The predicted octanol–water partition coefficient (Wildman–Crippen LogP) is 13.1. The molecule has 242 valence electrons. The van der Waals surface area contributed by atoms with Gasteiger partial charge in [-0.3, -0.25) is 0 Å². The zero-order valence-corrected chi connectivity index (χ0v) is 28.9. The van der Waals surface area contributed by atoms with E-state index in [1.807, 2.05) is 0 Å². The summed E-state index contributed by atoms with van der Waals surface area (Å²) >= 11 is 0. The molecule has 0 saturated heterocycles. The Bertz CT molecular complexity index is 634. The second-order valence-corrected chi connectivity index (χ2v) is 13.4. The molecule has 0 spiro atoms. The van der Waals surface area contributed by atoms with Crippen molar-refractivity contribution in [2.24, 2.45) is 0 Å². The number of unbranched alkanes of at least 4 members (excludes halogenated alkanes) is 27. The highest BCUT2D eigenvalue weighted by Gasteiger charge is 2.16. The fourth-order valence-corrected chi connectivity index (χ4v) is 6.50. The first-order chi connectivity index (χ1) is 20.3. The van der Waals surface area contributed by atoms with E-state index in [9.17, 15) is 0 Å². The van der Waals surface area contributed by atoms with Crippen LogP contribution in [0.2, 0.25) is 0 Å². The lowest BCUT2D eigenvalue weighted by Crippen LogP contribution is -2.37. The fourth-order valence-electron chi connectivity index (χ4n) is 6.50. The summed E-state index contributed by atoms with van der Waals surface area (Å²) in [7, 11) is 0. The average molecular weight is 574 g/mol. The van der Waals surface area contributed by atoms with Crippen molar-refractivity contribution < 1.29 is 4.57 Å². The van der Waals surface area contributed by atoms with Crippen LogP contribution in [0.3, 0.4) is 0 Å². The van der Waals surface area contributed by atoms with Crippen molar-refractivity contribution in [3.63, 3.8) is 0 Å². The Balaban J connectivity index is 2.32. The number of aryl methyl sites for hydroxylation is 2. The molecule has 1 aromatic heterocycles. The summed E-state index contributed by atoms with van der Waals surface area (Å²) in [5.41, 5.74) is 0. The van der Waals surface area contributed by atoms with Gasteiger partial charge in [0.2, 0.25) is 0 Å². The van der Waals surface area contributed by atoms with E-state index in [0.717, 1.165) is 0 Å². The number of imidazole rings is 1. The van der Waals surface area contributed by atoms with Crippen molar-refractivity contribution in [3.8, 4) is 0 Å². The Morgan fingerprint density at radius 3 is 1.17 bits per heavy atom. The highest BCUT2D eigenvalue weighted by molar-refractivity contribution is 4.84. The quantitative estimate of drug-likeness (QED) is 0.0584. The van der Waals surface area contributed by atoms with Crippen molar-refractivity contribution in [1.82, 2.24) is 4.57 Å². The van der Waals surface area contributed by atoms with Crippen LogP contribution in [0.25, 0.3) is 0 Å². The molecule has 0 radical (unpaired) electrons. The van der Waals surface area contributed by atoms with Crippen molar-refractivity contribution >= 4 is 0 Å². The molecule has 0 unspecified atom stereocenters. The van der Waals surface area contributed by atoms with E-state index in [-0.39, 0.29) is 0 Å². The minimum Gasteiger partial charge on any atom is -0.234 e. The van der Waals surface area contributed by atoms with Crippen LogP contribution in [0.1, 0.15) is 219 Å². The first-order valence-corrected chi connectivity index (χ1v) is 19.4. The van der Waals surface area contributed by atoms with Crippen LogP contribution in [-0.2, 0) is 19.5 Å². The van der Waals surface area contributed by atoms with Gasteiger partial charge in [-0.2, -0.15) is 0 Å². The molecule has 1 aromatic rings. The molecule has 0 saturated carbocycles. The zero-order chi connectivity index (χ0) is 29.5. The van der Waals surface area contributed by atoms with Gasteiger partial charge < -0.3 is 0 Å². The molecule has 0 aliphatic heterocycles. The molecule has 1 rings (SSSR count). The van der Waals surface area contributed by atoms with E-state index in [0.29, 0.717) is 0 Å². The monoisotopic (exact) mass is 574 g/mol. The third-order valence-corrected chi connectivity index (χ3v) is 9.35. The molecule has 1 heterocycles. The van der Waals surface area contributed by atoms with Gasteiger partial charge in [0.15, 0.2) is 0 Å². The fraction of sp³-hybridized carbons (Fsp3) is 0.923. The first kappa shape index (κ1) is 38.2. The Morgan fingerprint density at radius 2 is 0.756 bits per heavy atom. The molecule has 0 aliphatic carbocycles. The van der Waals surface area contributed by atoms with Gasteiger partial charge in [0.05, 0.1) is 13.1 Å². The summed E-state index contributed by atoms with van der Waals surface area (Å²) in [6.45, 7) is 9.40. The minimum atomic E-state index is 1.23. The molecule has 0 amide bonds. The van der Waals surface area contributed by atoms with Gasteiger partial charge in [0.25, 0.3) is 5.82 Å². The van der Waals surface area contributed by atoms with E-state index in [4.69, 9.17) is 0 Å². The second-order valence-electron chi connectivity index (χ2n) is 13.4. The molecule has 0 bridgehead atoms. The van der Waals surface area contributed by atoms with Crippen molar-refractivity contribution in [3.05, 3.63) is 18.2 Å². The minimum absolute atomic E-state index is 1.23. The van der Waals surface area contributed by atoms with Crippen LogP contribution in [0.5, 0.6) is 0 Å². The topological polar surface area (TPSA) is 8.81 Å². The molecular formula is C39H77N2+. The molecular weight excluding hydrogens is 496 g/mol. The van der Waals surface area contributed by atoms with Gasteiger partial charge in [-0.15, -0.1) is 0 Å². The van der Waals surface area contributed by atoms with Crippen LogP contribution in [0.15, 0.2) is 12.4 Å². The number of nitrogens with zero attached hydrogens (tertiary/aromatic N) is 2. The summed E-state index contributed by atoms with van der Waals surface area (Å²) in [5.74, 6) is 1.62. The standard InChI is InChI=1S/C39H77N2/c1-4-7-10-13-16-19-21-24-27-30-33-36-41-38-37-40(35-32-29-26-23-18-15-12-9-6-3)39(41)34-31-28-25-22-20-17-14-11-8-5-2/h37-38H,4-36H2,1-3H3/q+1. The van der Waals surface area contributed by atoms with Crippen molar-refractivity contribution in [2.45, 2.75) is 233 Å². The summed E-state index contributed by atoms with van der Waals surface area (Å²) in [6, 6.07) is 0. The number of hydrogen-bond acceptors (Lipinski definition) is 0. The Labute approximate surface area is 259 Å². The van der Waals surface area contributed by atoms with Gasteiger partial charge >= 0.3 is 0 Å². The molecule has 0 N–H and O–H groups in total. The van der Waals surface area contributed by atoms with Crippen LogP contribution in [0, 0.1) is 0 Å². The van der Waals surface area contributed by atoms with Crippen molar-refractivity contribution in [2.75, 3.05) is 0 Å². The number of aromatic nitrogens is 2. The maximum Gasteiger partial charge on any atom is 0.256 e. The molecule has 2 heteroatoms. The Morgan fingerprint density at radius 1 is 0.415 bits per heavy atom. The average Bonchev–Trinajstić information content (AvgIpc) is 3.37. The van der Waals surface area contributed by atoms with Crippen molar-refractivity contribution in [1.29, 1.82) is 0 Å². The Hall–Kier alpha value is -0.790. The van der Waals surface area contributed by atoms with Gasteiger partial charge in [0, 0.05) is 6.42 Å². The van der Waals surface area contributed by atoms with Gasteiger partial charge in [-0.25, -0.2) is 9.13 Å². The lowest BCUT2D eigenvalue weighted by molar-refractivity contribution is -0.704. The Kier molecular flexibility index (Phi) is 28.6. The van der Waals surface area contributed by atoms with Crippen LogP contribution >= 0.6 is 0 Å². The SMILES string of the molecule is CCCCCCCCCCCCC[n+]1ccn(CCCCCCCCCCC)c1CCCCCCCCCCCC. The smallest absolute Gasteiger partial charge is 0.234 e. The lowest BCUT2D eigenvalue weighted by Gasteiger charge is -2.07. The summed E-state index contributed by atoms with van der Waals surface area (Å²) in [6.07, 6.45) is 48.9. The first-order valence-electron chi connectivity index (χ1n) is 19.4. The van der Waals surface area contributed by atoms with Crippen LogP contribution in [-0.4, -0.2) is 4.57 Å². The van der Waals surface area contributed by atoms with Crippen LogP contribution < -0.4 is 4.57 Å². The molecule has 0 aromatic carbocycles. The second kappa shape index (κ2) is 30.7. The van der Waals surface area contributed by atoms with E-state index >= 15 is 0 Å². The molecule has 0 fully saturated rings. The summed E-state index contributed by atoms with van der Waals surface area (Å²) < 4.78 is 5.27. The van der Waals surface area contributed by atoms with E-state index in [1.54, 1.807) is 5.82 Å². The summed E-state index contributed by atoms with van der Waals surface area (Å²) in [4.78, 5) is 0. The molecule has 0 aliphatic rings. The normalized spacial score (nSPS) is 11.6.